The summed E-state index contributed by atoms with van der Waals surface area (Å²) in [6.45, 7) is -0.362. The Bertz CT molecular complexity index is 490. The fourth-order valence-electron chi connectivity index (χ4n) is 1.40. The Morgan fingerprint density at radius 3 is 2.28 bits per heavy atom. The van der Waals surface area contributed by atoms with Gasteiger partial charge in [0.1, 0.15) is 6.54 Å². The lowest BCUT2D eigenvalue weighted by Crippen LogP contribution is -2.41. The monoisotopic (exact) mass is 247 g/mol. The molecule has 0 atom stereocenters. The molecular weight excluding hydrogens is 234 g/mol. The van der Waals surface area contributed by atoms with E-state index in [1.165, 1.54) is 11.9 Å². The van der Waals surface area contributed by atoms with Gasteiger partial charge in [0, 0.05) is 19.8 Å². The van der Waals surface area contributed by atoms with Crippen LogP contribution in [-0.2, 0) is 4.79 Å². The van der Waals surface area contributed by atoms with E-state index in [4.69, 9.17) is 10.4 Å². The van der Waals surface area contributed by atoms with E-state index in [1.54, 1.807) is 31.3 Å². The molecule has 1 rings (SSSR count). The number of nitriles is 1. The first-order valence-corrected chi connectivity index (χ1v) is 5.16. The molecule has 1 aromatic carbocycles. The third kappa shape index (κ3) is 3.22. The van der Waals surface area contributed by atoms with Gasteiger partial charge >= 0.3 is 12.0 Å². The average molecular weight is 247 g/mol. The van der Waals surface area contributed by atoms with E-state index in [1.807, 2.05) is 6.07 Å². The number of likely N-dealkylation sites (N-methyl/N-ethyl adjacent to an activating group) is 1. The smallest absolute Gasteiger partial charge is 0.324 e. The molecule has 6 heteroatoms. The highest BCUT2D eigenvalue weighted by Crippen LogP contribution is 2.14. The predicted octanol–water partition coefficient (Wildman–Crippen LogP) is 1.13. The molecule has 0 unspecified atom stereocenters. The van der Waals surface area contributed by atoms with Crippen molar-refractivity contribution < 1.29 is 14.7 Å². The summed E-state index contributed by atoms with van der Waals surface area (Å²) in [5.41, 5.74) is 1.09. The van der Waals surface area contributed by atoms with Crippen molar-refractivity contribution in [3.05, 3.63) is 29.8 Å². The summed E-state index contributed by atoms with van der Waals surface area (Å²) in [7, 11) is 2.96. The zero-order valence-corrected chi connectivity index (χ0v) is 10.1. The van der Waals surface area contributed by atoms with Crippen molar-refractivity contribution in [3.8, 4) is 6.07 Å². The number of carboxylic acids is 1. The van der Waals surface area contributed by atoms with Crippen molar-refractivity contribution >= 4 is 17.7 Å². The van der Waals surface area contributed by atoms with Crippen LogP contribution in [-0.4, -0.2) is 42.6 Å². The van der Waals surface area contributed by atoms with Crippen LogP contribution >= 0.6 is 0 Å². The van der Waals surface area contributed by atoms with E-state index >= 15 is 0 Å². The summed E-state index contributed by atoms with van der Waals surface area (Å²) in [6.07, 6.45) is 0. The summed E-state index contributed by atoms with van der Waals surface area (Å²) in [5, 5.41) is 17.3. The Labute approximate surface area is 105 Å². The molecule has 1 N–H and O–H groups in total. The lowest BCUT2D eigenvalue weighted by Gasteiger charge is -2.23. The number of hydrogen-bond acceptors (Lipinski definition) is 3. The molecule has 0 aliphatic heterocycles. The highest BCUT2D eigenvalue weighted by molar-refractivity contribution is 5.93. The second-order valence-electron chi connectivity index (χ2n) is 3.75. The van der Waals surface area contributed by atoms with Gasteiger partial charge in [-0.3, -0.25) is 9.69 Å². The van der Waals surface area contributed by atoms with Gasteiger partial charge in [-0.1, -0.05) is 0 Å². The van der Waals surface area contributed by atoms with Crippen molar-refractivity contribution in [2.75, 3.05) is 25.5 Å². The number of amides is 2. The molecule has 1 aromatic rings. The van der Waals surface area contributed by atoms with Gasteiger partial charge in [0.25, 0.3) is 0 Å². The van der Waals surface area contributed by atoms with Crippen LogP contribution in [0.15, 0.2) is 24.3 Å². The number of hydrogen-bond donors (Lipinski definition) is 1. The molecular formula is C12H13N3O3. The molecule has 0 spiro atoms. The van der Waals surface area contributed by atoms with Crippen LogP contribution < -0.4 is 4.90 Å². The van der Waals surface area contributed by atoms with Gasteiger partial charge in [-0.25, -0.2) is 4.79 Å². The molecule has 0 heterocycles. The highest BCUT2D eigenvalue weighted by atomic mass is 16.4. The second kappa shape index (κ2) is 5.68. The molecule has 94 valence electrons. The topological polar surface area (TPSA) is 84.6 Å². The van der Waals surface area contributed by atoms with Gasteiger partial charge < -0.3 is 10.0 Å². The quantitative estimate of drug-likeness (QED) is 0.867. The van der Waals surface area contributed by atoms with E-state index in [0.29, 0.717) is 11.3 Å². The van der Waals surface area contributed by atoms with Crippen LogP contribution in [0.3, 0.4) is 0 Å². The molecule has 6 nitrogen and oxygen atoms in total. The number of carbonyl (C=O) groups excluding carboxylic acids is 1. The Balaban J connectivity index is 2.79. The number of anilines is 1. The molecule has 0 aromatic heterocycles. The number of carboxylic acid groups (broad SMARTS) is 1. The van der Waals surface area contributed by atoms with E-state index < -0.39 is 12.0 Å². The number of benzene rings is 1. The Hall–Kier alpha value is -2.55. The van der Waals surface area contributed by atoms with E-state index in [2.05, 4.69) is 0 Å². The van der Waals surface area contributed by atoms with Gasteiger partial charge in [-0.05, 0) is 24.3 Å². The zero-order valence-electron chi connectivity index (χ0n) is 10.1. The van der Waals surface area contributed by atoms with Crippen molar-refractivity contribution in [3.63, 3.8) is 0 Å². The second-order valence-corrected chi connectivity index (χ2v) is 3.75. The first-order valence-electron chi connectivity index (χ1n) is 5.16. The van der Waals surface area contributed by atoms with Crippen LogP contribution in [0, 0.1) is 11.3 Å². The summed E-state index contributed by atoms with van der Waals surface area (Å²) >= 11 is 0. The third-order valence-corrected chi connectivity index (χ3v) is 2.37. The Morgan fingerprint density at radius 2 is 1.83 bits per heavy atom. The van der Waals surface area contributed by atoms with E-state index in [0.717, 1.165) is 4.90 Å². The van der Waals surface area contributed by atoms with Crippen LogP contribution in [0.1, 0.15) is 5.56 Å². The summed E-state index contributed by atoms with van der Waals surface area (Å²) in [6, 6.07) is 8.00. The minimum Gasteiger partial charge on any atom is -0.480 e. The van der Waals surface area contributed by atoms with E-state index in [9.17, 15) is 9.59 Å². The fourth-order valence-corrected chi connectivity index (χ4v) is 1.40. The van der Waals surface area contributed by atoms with Crippen LogP contribution in [0.2, 0.25) is 0 Å². The van der Waals surface area contributed by atoms with Gasteiger partial charge in [0.2, 0.25) is 0 Å². The standard InChI is InChI=1S/C12H13N3O3/c1-14(8-11(16)17)12(18)15(2)10-5-3-9(7-13)4-6-10/h3-6H,8H2,1-2H3,(H,16,17). The Kier molecular flexibility index (Phi) is 4.27. The first-order chi connectivity index (χ1) is 8.45. The largest absolute Gasteiger partial charge is 0.480 e. The number of aliphatic carboxylic acids is 1. The van der Waals surface area contributed by atoms with Crippen LogP contribution in [0.4, 0.5) is 10.5 Å². The highest BCUT2D eigenvalue weighted by Gasteiger charge is 2.17. The van der Waals surface area contributed by atoms with Crippen molar-refractivity contribution in [1.29, 1.82) is 5.26 Å². The van der Waals surface area contributed by atoms with Crippen molar-refractivity contribution in [2.45, 2.75) is 0 Å². The molecule has 0 radical (unpaired) electrons. The molecule has 0 saturated carbocycles. The first kappa shape index (κ1) is 13.5. The number of nitrogens with zero attached hydrogens (tertiary/aromatic N) is 3. The van der Waals surface area contributed by atoms with E-state index in [-0.39, 0.29) is 6.54 Å². The Morgan fingerprint density at radius 1 is 1.28 bits per heavy atom. The van der Waals surface area contributed by atoms with Gasteiger partial charge in [0.05, 0.1) is 11.6 Å². The molecule has 2 amide bonds. The lowest BCUT2D eigenvalue weighted by atomic mass is 10.2. The van der Waals surface area contributed by atoms with Gasteiger partial charge in [0.15, 0.2) is 0 Å². The summed E-state index contributed by atoms with van der Waals surface area (Å²) < 4.78 is 0. The SMILES string of the molecule is CN(CC(=O)O)C(=O)N(C)c1ccc(C#N)cc1. The molecule has 18 heavy (non-hydrogen) atoms. The van der Waals surface area contributed by atoms with Crippen molar-refractivity contribution in [1.82, 2.24) is 4.90 Å². The zero-order chi connectivity index (χ0) is 13.7. The van der Waals surface area contributed by atoms with Crippen LogP contribution in [0.25, 0.3) is 0 Å². The van der Waals surface area contributed by atoms with Gasteiger partial charge in [-0.2, -0.15) is 5.26 Å². The van der Waals surface area contributed by atoms with Crippen molar-refractivity contribution in [2.24, 2.45) is 0 Å². The molecule has 0 aliphatic carbocycles. The third-order valence-electron chi connectivity index (χ3n) is 2.37. The molecule has 0 fully saturated rings. The number of rotatable bonds is 3. The number of urea groups is 1. The minimum absolute atomic E-state index is 0.362. The minimum atomic E-state index is -1.07. The normalized spacial score (nSPS) is 9.39. The maximum absolute atomic E-state index is 11.9. The average Bonchev–Trinajstić information content (AvgIpc) is 2.36. The fraction of sp³-hybridized carbons (Fsp3) is 0.250. The predicted molar refractivity (Wildman–Crippen MR) is 65.2 cm³/mol. The molecule has 0 saturated heterocycles. The molecule has 0 bridgehead atoms. The van der Waals surface area contributed by atoms with Gasteiger partial charge in [-0.15, -0.1) is 0 Å². The summed E-state index contributed by atoms with van der Waals surface area (Å²) in [4.78, 5) is 24.8. The number of carbonyl (C=O) groups is 2. The summed E-state index contributed by atoms with van der Waals surface area (Å²) in [5.74, 6) is -1.07. The maximum atomic E-state index is 11.9. The lowest BCUT2D eigenvalue weighted by molar-refractivity contribution is -0.137. The molecule has 0 aliphatic rings. The maximum Gasteiger partial charge on any atom is 0.324 e. The van der Waals surface area contributed by atoms with Crippen LogP contribution in [0.5, 0.6) is 0 Å².